The molecular weight excluding hydrogens is 204 g/mol. The van der Waals surface area contributed by atoms with Crippen LogP contribution in [0.3, 0.4) is 0 Å². The van der Waals surface area contributed by atoms with Gasteiger partial charge in [-0.05, 0) is 18.6 Å². The minimum atomic E-state index is -0.217. The number of amides is 2. The smallest absolute Gasteiger partial charge is 0.313 e. The molecule has 2 amide bonds. The van der Waals surface area contributed by atoms with Crippen molar-refractivity contribution in [2.24, 2.45) is 5.10 Å². The Labute approximate surface area is 93.5 Å². The molecule has 5 heteroatoms. The van der Waals surface area contributed by atoms with Gasteiger partial charge in [-0.3, -0.25) is 4.98 Å². The summed E-state index contributed by atoms with van der Waals surface area (Å²) in [6, 6.07) is 3.48. The molecule has 0 unspecified atom stereocenters. The van der Waals surface area contributed by atoms with Crippen LogP contribution in [0.1, 0.15) is 12.5 Å². The van der Waals surface area contributed by atoms with Crippen LogP contribution in [-0.2, 0) is 0 Å². The van der Waals surface area contributed by atoms with Crippen molar-refractivity contribution in [3.8, 4) is 0 Å². The highest BCUT2D eigenvalue weighted by Gasteiger charge is 2.15. The molecule has 2 heterocycles. The summed E-state index contributed by atoms with van der Waals surface area (Å²) in [5, 5.41) is 8.09. The Morgan fingerprint density at radius 3 is 3.25 bits per heavy atom. The maximum atomic E-state index is 11.4. The van der Waals surface area contributed by atoms with E-state index < -0.39 is 0 Å². The van der Waals surface area contributed by atoms with Crippen LogP contribution >= 0.6 is 0 Å². The Morgan fingerprint density at radius 2 is 2.50 bits per heavy atom. The molecule has 0 aliphatic carbocycles. The molecule has 82 valence electrons. The molecule has 0 spiro atoms. The van der Waals surface area contributed by atoms with Crippen LogP contribution in [0, 0.1) is 0 Å². The first kappa shape index (κ1) is 10.4. The molecule has 1 N–H and O–H groups in total. The summed E-state index contributed by atoms with van der Waals surface area (Å²) in [6.45, 7) is 2.45. The summed E-state index contributed by atoms with van der Waals surface area (Å²) in [6.07, 6.45) is 6.69. The molecule has 0 radical (unpaired) electrons. The average Bonchev–Trinajstić information content (AvgIpc) is 2.32. The fourth-order valence-electron chi connectivity index (χ4n) is 1.30. The van der Waals surface area contributed by atoms with Crippen molar-refractivity contribution < 1.29 is 4.79 Å². The second kappa shape index (κ2) is 4.57. The normalized spacial score (nSPS) is 16.2. The third-order valence-electron chi connectivity index (χ3n) is 2.11. The topological polar surface area (TPSA) is 57.6 Å². The van der Waals surface area contributed by atoms with Gasteiger partial charge in [-0.2, -0.15) is 5.10 Å². The number of hydrogen-bond donors (Lipinski definition) is 1. The SMILES string of the molecule is CC1=CNC(=O)N(N=Cc2cccnc2)C1. The van der Waals surface area contributed by atoms with Gasteiger partial charge in [0, 0.05) is 24.2 Å². The van der Waals surface area contributed by atoms with E-state index in [1.165, 1.54) is 5.01 Å². The molecule has 16 heavy (non-hydrogen) atoms. The summed E-state index contributed by atoms with van der Waals surface area (Å²) in [5.74, 6) is 0. The van der Waals surface area contributed by atoms with E-state index in [0.29, 0.717) is 6.54 Å². The number of carbonyl (C=O) groups excluding carboxylic acids is 1. The van der Waals surface area contributed by atoms with Crippen molar-refractivity contribution in [3.63, 3.8) is 0 Å². The molecule has 0 saturated heterocycles. The van der Waals surface area contributed by atoms with Crippen LogP contribution in [0.2, 0.25) is 0 Å². The number of aromatic nitrogens is 1. The lowest BCUT2D eigenvalue weighted by Crippen LogP contribution is -2.39. The Balaban J connectivity index is 2.07. The number of urea groups is 1. The van der Waals surface area contributed by atoms with E-state index in [1.807, 2.05) is 19.1 Å². The molecule has 0 fully saturated rings. The molecule has 1 aromatic heterocycles. The second-order valence-corrected chi connectivity index (χ2v) is 3.53. The van der Waals surface area contributed by atoms with E-state index in [-0.39, 0.29) is 6.03 Å². The fraction of sp³-hybridized carbons (Fsp3) is 0.182. The quantitative estimate of drug-likeness (QED) is 0.758. The van der Waals surface area contributed by atoms with Crippen LogP contribution in [0.15, 0.2) is 41.4 Å². The predicted octanol–water partition coefficient (Wildman–Crippen LogP) is 1.34. The molecule has 1 aliphatic rings. The number of nitrogens with zero attached hydrogens (tertiary/aromatic N) is 3. The molecule has 0 bridgehead atoms. The highest BCUT2D eigenvalue weighted by atomic mass is 16.2. The highest BCUT2D eigenvalue weighted by Crippen LogP contribution is 2.04. The number of carbonyl (C=O) groups is 1. The van der Waals surface area contributed by atoms with Crippen molar-refractivity contribution in [1.29, 1.82) is 0 Å². The molecule has 5 nitrogen and oxygen atoms in total. The number of rotatable bonds is 2. The first-order chi connectivity index (χ1) is 7.75. The van der Waals surface area contributed by atoms with Crippen LogP contribution < -0.4 is 5.32 Å². The third kappa shape index (κ3) is 2.44. The van der Waals surface area contributed by atoms with Gasteiger partial charge in [0.05, 0.1) is 12.8 Å². The van der Waals surface area contributed by atoms with E-state index in [0.717, 1.165) is 11.1 Å². The summed E-state index contributed by atoms with van der Waals surface area (Å²) in [4.78, 5) is 15.4. The molecule has 0 aromatic carbocycles. The van der Waals surface area contributed by atoms with Gasteiger partial charge in [-0.1, -0.05) is 6.07 Å². The monoisotopic (exact) mass is 216 g/mol. The molecular formula is C11H12N4O. The van der Waals surface area contributed by atoms with Gasteiger partial charge in [-0.15, -0.1) is 0 Å². The first-order valence-electron chi connectivity index (χ1n) is 4.93. The standard InChI is InChI=1S/C11H12N4O/c1-9-5-13-11(16)15(8-9)14-7-10-3-2-4-12-6-10/h2-7H,8H2,1H3,(H,13,16). The van der Waals surface area contributed by atoms with Crippen molar-refractivity contribution in [1.82, 2.24) is 15.3 Å². The molecule has 0 saturated carbocycles. The molecule has 2 rings (SSSR count). The van der Waals surface area contributed by atoms with Gasteiger partial charge in [0.2, 0.25) is 0 Å². The largest absolute Gasteiger partial charge is 0.342 e. The highest BCUT2D eigenvalue weighted by molar-refractivity contribution is 5.82. The summed E-state index contributed by atoms with van der Waals surface area (Å²) < 4.78 is 0. The van der Waals surface area contributed by atoms with Crippen LogP contribution in [0.4, 0.5) is 4.79 Å². The van der Waals surface area contributed by atoms with Gasteiger partial charge in [0.1, 0.15) is 0 Å². The molecule has 0 atom stereocenters. The fourth-order valence-corrected chi connectivity index (χ4v) is 1.30. The number of hydrogen-bond acceptors (Lipinski definition) is 3. The lowest BCUT2D eigenvalue weighted by atomic mass is 10.3. The lowest BCUT2D eigenvalue weighted by molar-refractivity contribution is 0.205. The van der Waals surface area contributed by atoms with Crippen molar-refractivity contribution in [2.75, 3.05) is 6.54 Å². The predicted molar refractivity (Wildman–Crippen MR) is 60.8 cm³/mol. The first-order valence-corrected chi connectivity index (χ1v) is 4.93. The lowest BCUT2D eigenvalue weighted by Gasteiger charge is -2.21. The number of nitrogens with one attached hydrogen (secondary N) is 1. The van der Waals surface area contributed by atoms with Crippen molar-refractivity contribution in [2.45, 2.75) is 6.92 Å². The van der Waals surface area contributed by atoms with Gasteiger partial charge < -0.3 is 5.32 Å². The number of pyridine rings is 1. The average molecular weight is 216 g/mol. The zero-order valence-corrected chi connectivity index (χ0v) is 8.92. The van der Waals surface area contributed by atoms with E-state index in [1.54, 1.807) is 24.8 Å². The van der Waals surface area contributed by atoms with Gasteiger partial charge >= 0.3 is 6.03 Å². The Bertz CT molecular complexity index is 439. The third-order valence-corrected chi connectivity index (χ3v) is 2.11. The van der Waals surface area contributed by atoms with Crippen molar-refractivity contribution >= 4 is 12.2 Å². The van der Waals surface area contributed by atoms with E-state index in [2.05, 4.69) is 15.4 Å². The summed E-state index contributed by atoms with van der Waals surface area (Å²) in [5.41, 5.74) is 1.92. The Hall–Kier alpha value is -2.17. The van der Waals surface area contributed by atoms with Crippen LogP contribution in [0.25, 0.3) is 0 Å². The zero-order chi connectivity index (χ0) is 11.4. The Morgan fingerprint density at radius 1 is 1.62 bits per heavy atom. The summed E-state index contributed by atoms with van der Waals surface area (Å²) in [7, 11) is 0. The van der Waals surface area contributed by atoms with Gasteiger partial charge in [0.15, 0.2) is 0 Å². The minimum absolute atomic E-state index is 0.217. The van der Waals surface area contributed by atoms with Gasteiger partial charge in [-0.25, -0.2) is 9.80 Å². The van der Waals surface area contributed by atoms with Gasteiger partial charge in [0.25, 0.3) is 0 Å². The Kier molecular flexibility index (Phi) is 2.95. The molecule has 1 aromatic rings. The number of hydrazone groups is 1. The minimum Gasteiger partial charge on any atom is -0.313 e. The van der Waals surface area contributed by atoms with Crippen LogP contribution in [-0.4, -0.2) is 28.8 Å². The van der Waals surface area contributed by atoms with E-state index >= 15 is 0 Å². The maximum Gasteiger partial charge on any atom is 0.342 e. The zero-order valence-electron chi connectivity index (χ0n) is 8.92. The van der Waals surface area contributed by atoms with Crippen LogP contribution in [0.5, 0.6) is 0 Å². The van der Waals surface area contributed by atoms with E-state index in [4.69, 9.17) is 0 Å². The van der Waals surface area contributed by atoms with Crippen molar-refractivity contribution in [3.05, 3.63) is 41.9 Å². The summed E-state index contributed by atoms with van der Waals surface area (Å²) >= 11 is 0. The van der Waals surface area contributed by atoms with E-state index in [9.17, 15) is 4.79 Å². The maximum absolute atomic E-state index is 11.4. The molecule has 1 aliphatic heterocycles. The second-order valence-electron chi connectivity index (χ2n) is 3.53.